The Morgan fingerprint density at radius 3 is 1.17 bits per heavy atom. The molecule has 12 unspecified atom stereocenters. The van der Waals surface area contributed by atoms with Crippen molar-refractivity contribution in [3.05, 3.63) is 158 Å². The van der Waals surface area contributed by atoms with Crippen LogP contribution in [0.1, 0.15) is 245 Å². The SMILES string of the molecule is CC/C=C\C/C=C\C/C=C\C/C=C\C/C=C\C/C=C\C/C=C\C/C=C\C/C=C\C/C=C\C/C=C\CCCCCC(=O)NC(COC1OC(CO)C(OC2OC(CO)C(O)C(O)C2O)C(O)C1O)C(O)/C=C/CC/C=C/CCCCCCCCCCCCCCCCCCC. The molecule has 0 bridgehead atoms. The van der Waals surface area contributed by atoms with Crippen molar-refractivity contribution < 1.29 is 64.6 Å². The molecule has 2 heterocycles. The standard InChI is InChI=1S/C80H131NO13/c1-3-5-7-9-11-13-15-17-19-21-23-25-27-28-29-30-31-32-33-34-35-36-37-38-39-40-42-44-46-48-50-52-54-56-58-60-62-64-72(85)81-68(67-91-79-77(90)75(88)78(71(66-83)93-79)94-80-76(89)74(87)73(86)70(65-82)92-80)69(84)63-61-59-57-55-53-51-49-47-45-43-41-26-24-22-20-18-16-14-12-10-8-6-4-2/h5,7,11,13,17,19,23,25,28-29,31-32,34-35,37-38,40,42,46,48,52-55,61,63,68-71,73-80,82-84,86-90H,3-4,6,8-10,12,14-16,18,20-22,24,26-27,30,33,36,39,41,43-45,47,49-51,56-60,62,64-67H2,1-2H3,(H,81,85)/b7-5-,13-11-,19-17-,25-23-,29-28-,32-31-,35-34-,38-37-,42-40-,48-46-,54-52-,55-53+,63-61+. The molecule has 2 aliphatic rings. The second-order valence-corrected chi connectivity index (χ2v) is 25.0. The zero-order valence-corrected chi connectivity index (χ0v) is 58.1. The Morgan fingerprint density at radius 2 is 0.745 bits per heavy atom. The summed E-state index contributed by atoms with van der Waals surface area (Å²) in [7, 11) is 0. The van der Waals surface area contributed by atoms with Crippen LogP contribution in [0.3, 0.4) is 0 Å². The van der Waals surface area contributed by atoms with Crippen molar-refractivity contribution in [2.75, 3.05) is 19.8 Å². The highest BCUT2D eigenvalue weighted by molar-refractivity contribution is 5.76. The lowest BCUT2D eigenvalue weighted by molar-refractivity contribution is -0.359. The average molecular weight is 1310 g/mol. The number of amides is 1. The lowest BCUT2D eigenvalue weighted by Crippen LogP contribution is -2.65. The van der Waals surface area contributed by atoms with Gasteiger partial charge in [0.1, 0.15) is 48.8 Å². The van der Waals surface area contributed by atoms with Crippen molar-refractivity contribution in [1.82, 2.24) is 5.32 Å². The molecule has 9 N–H and O–H groups in total. The molecular formula is C80H131NO13. The molecule has 2 fully saturated rings. The fraction of sp³-hybridized carbons (Fsp3) is 0.662. The van der Waals surface area contributed by atoms with Crippen molar-refractivity contribution in [3.63, 3.8) is 0 Å². The maximum absolute atomic E-state index is 13.3. The average Bonchev–Trinajstić information content (AvgIpc) is 0.794. The molecule has 0 aromatic heterocycles. The summed E-state index contributed by atoms with van der Waals surface area (Å²) in [4.78, 5) is 13.3. The summed E-state index contributed by atoms with van der Waals surface area (Å²) in [5, 5.41) is 87.4. The number of ether oxygens (including phenoxy) is 4. The van der Waals surface area contributed by atoms with E-state index in [1.165, 1.54) is 109 Å². The van der Waals surface area contributed by atoms with Gasteiger partial charge in [-0.25, -0.2) is 0 Å². The van der Waals surface area contributed by atoms with Gasteiger partial charge in [-0.05, 0) is 116 Å². The summed E-state index contributed by atoms with van der Waals surface area (Å²) in [6.07, 6.45) is 78.7. The molecule has 534 valence electrons. The number of hydrogen-bond donors (Lipinski definition) is 9. The summed E-state index contributed by atoms with van der Waals surface area (Å²) >= 11 is 0. The van der Waals surface area contributed by atoms with E-state index < -0.39 is 86.8 Å². The molecule has 2 saturated heterocycles. The van der Waals surface area contributed by atoms with E-state index in [9.17, 15) is 45.6 Å². The number of carbonyl (C=O) groups is 1. The van der Waals surface area contributed by atoms with Crippen molar-refractivity contribution in [2.24, 2.45) is 0 Å². The van der Waals surface area contributed by atoms with Crippen LogP contribution in [0.15, 0.2) is 158 Å². The topological polar surface area (TPSA) is 228 Å². The second kappa shape index (κ2) is 62.2. The Balaban J connectivity index is 1.71. The summed E-state index contributed by atoms with van der Waals surface area (Å²) < 4.78 is 22.8. The molecule has 0 saturated carbocycles. The van der Waals surface area contributed by atoms with E-state index in [0.29, 0.717) is 12.8 Å². The lowest BCUT2D eigenvalue weighted by atomic mass is 9.97. The van der Waals surface area contributed by atoms with Crippen molar-refractivity contribution in [1.29, 1.82) is 0 Å². The van der Waals surface area contributed by atoms with Crippen LogP contribution in [0.4, 0.5) is 0 Å². The number of aliphatic hydroxyl groups excluding tert-OH is 8. The highest BCUT2D eigenvalue weighted by Crippen LogP contribution is 2.30. The highest BCUT2D eigenvalue weighted by atomic mass is 16.7. The Morgan fingerprint density at radius 1 is 0.394 bits per heavy atom. The monoisotopic (exact) mass is 1310 g/mol. The van der Waals surface area contributed by atoms with Gasteiger partial charge in [-0.15, -0.1) is 0 Å². The molecule has 0 spiro atoms. The number of nitrogens with one attached hydrogen (secondary N) is 1. The third kappa shape index (κ3) is 45.2. The number of rotatable bonds is 58. The molecule has 0 radical (unpaired) electrons. The van der Waals surface area contributed by atoms with E-state index in [4.69, 9.17) is 18.9 Å². The fourth-order valence-electron chi connectivity index (χ4n) is 10.9. The van der Waals surface area contributed by atoms with Gasteiger partial charge in [0.25, 0.3) is 0 Å². The van der Waals surface area contributed by atoms with Gasteiger partial charge in [-0.3, -0.25) is 4.79 Å². The maximum atomic E-state index is 13.3. The van der Waals surface area contributed by atoms with E-state index in [2.05, 4.69) is 165 Å². The van der Waals surface area contributed by atoms with Gasteiger partial charge in [0.05, 0.1) is 32.0 Å². The molecule has 14 nitrogen and oxygen atoms in total. The van der Waals surface area contributed by atoms with Crippen LogP contribution >= 0.6 is 0 Å². The molecular weight excluding hydrogens is 1180 g/mol. The van der Waals surface area contributed by atoms with E-state index >= 15 is 0 Å². The van der Waals surface area contributed by atoms with Gasteiger partial charge in [-0.1, -0.05) is 281 Å². The molecule has 1 amide bonds. The smallest absolute Gasteiger partial charge is 0.220 e. The number of aliphatic hydroxyl groups is 8. The third-order valence-electron chi connectivity index (χ3n) is 16.7. The first-order chi connectivity index (χ1) is 46.1. The normalized spacial score (nSPS) is 23.4. The first-order valence-corrected chi connectivity index (χ1v) is 36.7. The number of carbonyl (C=O) groups excluding carboxylic acids is 1. The van der Waals surface area contributed by atoms with Crippen LogP contribution in [-0.2, 0) is 23.7 Å². The predicted molar refractivity (Wildman–Crippen MR) is 387 cm³/mol. The number of hydrogen-bond acceptors (Lipinski definition) is 13. The van der Waals surface area contributed by atoms with Crippen LogP contribution in [0.25, 0.3) is 0 Å². The molecule has 12 atom stereocenters. The van der Waals surface area contributed by atoms with Gasteiger partial charge >= 0.3 is 0 Å². The Kier molecular flexibility index (Phi) is 56.7. The number of allylic oxidation sites excluding steroid dienone is 25. The van der Waals surface area contributed by atoms with Crippen LogP contribution in [0.2, 0.25) is 0 Å². The Hall–Kier alpha value is -4.39. The third-order valence-corrected chi connectivity index (χ3v) is 16.7. The zero-order chi connectivity index (χ0) is 68.0. The van der Waals surface area contributed by atoms with Gasteiger partial charge < -0.3 is 65.1 Å². The summed E-state index contributed by atoms with van der Waals surface area (Å²) in [6, 6.07) is -0.963. The van der Waals surface area contributed by atoms with Crippen molar-refractivity contribution in [3.8, 4) is 0 Å². The minimum atomic E-state index is -1.80. The molecule has 2 rings (SSSR count). The summed E-state index contributed by atoms with van der Waals surface area (Å²) in [6.45, 7) is 2.65. The first kappa shape index (κ1) is 85.7. The zero-order valence-electron chi connectivity index (χ0n) is 58.1. The van der Waals surface area contributed by atoms with E-state index in [1.807, 2.05) is 6.08 Å². The molecule has 94 heavy (non-hydrogen) atoms. The molecule has 0 aromatic carbocycles. The summed E-state index contributed by atoms with van der Waals surface area (Å²) in [5.41, 5.74) is 0. The second-order valence-electron chi connectivity index (χ2n) is 25.0. The highest BCUT2D eigenvalue weighted by Gasteiger charge is 2.51. The Labute approximate surface area is 569 Å². The minimum Gasteiger partial charge on any atom is -0.394 e. The first-order valence-electron chi connectivity index (χ1n) is 36.7. The molecule has 2 aliphatic heterocycles. The van der Waals surface area contributed by atoms with Gasteiger partial charge in [-0.2, -0.15) is 0 Å². The largest absolute Gasteiger partial charge is 0.394 e. The van der Waals surface area contributed by atoms with Crippen molar-refractivity contribution >= 4 is 5.91 Å². The number of unbranched alkanes of at least 4 members (excludes halogenated alkanes) is 21. The van der Waals surface area contributed by atoms with Crippen molar-refractivity contribution in [2.45, 2.75) is 319 Å². The van der Waals surface area contributed by atoms with Gasteiger partial charge in [0.2, 0.25) is 5.91 Å². The predicted octanol–water partition coefficient (Wildman–Crippen LogP) is 15.8. The van der Waals surface area contributed by atoms with E-state index in [1.54, 1.807) is 6.08 Å². The van der Waals surface area contributed by atoms with Crippen LogP contribution in [0, 0.1) is 0 Å². The van der Waals surface area contributed by atoms with Crippen LogP contribution in [0.5, 0.6) is 0 Å². The summed E-state index contributed by atoms with van der Waals surface area (Å²) in [5.74, 6) is -0.286. The van der Waals surface area contributed by atoms with Gasteiger partial charge in [0.15, 0.2) is 12.6 Å². The maximum Gasteiger partial charge on any atom is 0.220 e. The molecule has 0 aromatic rings. The molecule has 14 heteroatoms. The lowest BCUT2D eigenvalue weighted by Gasteiger charge is -2.46. The fourth-order valence-corrected chi connectivity index (χ4v) is 10.9. The molecule has 0 aliphatic carbocycles. The van der Waals surface area contributed by atoms with E-state index in [-0.39, 0.29) is 18.9 Å². The quantitative estimate of drug-likeness (QED) is 0.0204. The van der Waals surface area contributed by atoms with Gasteiger partial charge in [0, 0.05) is 6.42 Å². The van der Waals surface area contributed by atoms with Crippen LogP contribution in [-0.4, -0.2) is 140 Å². The Bertz CT molecular complexity index is 2190. The minimum absolute atomic E-state index is 0.223. The van der Waals surface area contributed by atoms with E-state index in [0.717, 1.165) is 103 Å². The van der Waals surface area contributed by atoms with Crippen LogP contribution < -0.4 is 5.32 Å².